The number of carbonyl (C=O) groups is 1. The molecule has 1 aliphatic heterocycles. The van der Waals surface area contributed by atoms with Gasteiger partial charge in [-0.05, 0) is 19.3 Å². The van der Waals surface area contributed by atoms with Crippen molar-refractivity contribution in [2.24, 2.45) is 5.92 Å². The van der Waals surface area contributed by atoms with Crippen molar-refractivity contribution in [1.29, 1.82) is 0 Å². The van der Waals surface area contributed by atoms with E-state index in [1.807, 2.05) is 6.92 Å². The predicted octanol–water partition coefficient (Wildman–Crippen LogP) is 1.56. The van der Waals surface area contributed by atoms with Crippen LogP contribution in [0.5, 0.6) is 0 Å². The van der Waals surface area contributed by atoms with E-state index in [9.17, 15) is 4.79 Å². The van der Waals surface area contributed by atoms with Crippen LogP contribution in [-0.4, -0.2) is 44.3 Å². The van der Waals surface area contributed by atoms with Crippen molar-refractivity contribution in [3.8, 4) is 0 Å². The van der Waals surface area contributed by atoms with E-state index in [2.05, 4.69) is 5.32 Å². The second-order valence-electron chi connectivity index (χ2n) is 4.34. The van der Waals surface area contributed by atoms with E-state index in [0.717, 1.165) is 19.3 Å². The normalized spacial score (nSPS) is 25.8. The molecule has 0 bridgehead atoms. The summed E-state index contributed by atoms with van der Waals surface area (Å²) < 4.78 is 10.4. The minimum Gasteiger partial charge on any atom is -0.383 e. The highest BCUT2D eigenvalue weighted by Crippen LogP contribution is 2.23. The van der Waals surface area contributed by atoms with Crippen LogP contribution in [0.1, 0.15) is 26.2 Å². The Morgan fingerprint density at radius 2 is 2.41 bits per heavy atom. The Kier molecular flexibility index (Phi) is 6.85. The molecule has 100 valence electrons. The molecular formula is C12H22ClNO3. The van der Waals surface area contributed by atoms with Crippen molar-refractivity contribution >= 4 is 17.5 Å². The Balaban J connectivity index is 2.20. The van der Waals surface area contributed by atoms with Gasteiger partial charge < -0.3 is 14.8 Å². The molecule has 5 heteroatoms. The average molecular weight is 264 g/mol. The molecule has 3 atom stereocenters. The quantitative estimate of drug-likeness (QED) is 0.709. The highest BCUT2D eigenvalue weighted by molar-refractivity contribution is 6.20. The molecule has 1 heterocycles. The fraction of sp³-hybridized carbons (Fsp3) is 0.917. The molecule has 0 aliphatic carbocycles. The van der Waals surface area contributed by atoms with Crippen LogP contribution in [0.3, 0.4) is 0 Å². The van der Waals surface area contributed by atoms with Crippen LogP contribution < -0.4 is 5.32 Å². The number of methoxy groups -OCH3 is 1. The van der Waals surface area contributed by atoms with Crippen LogP contribution in [0.4, 0.5) is 0 Å². The summed E-state index contributed by atoms with van der Waals surface area (Å²) in [5, 5.41) is 2.88. The smallest absolute Gasteiger partial charge is 0.225 e. The molecule has 1 fully saturated rings. The lowest BCUT2D eigenvalue weighted by Crippen LogP contribution is -2.36. The first-order valence-electron chi connectivity index (χ1n) is 6.21. The highest BCUT2D eigenvalue weighted by Gasteiger charge is 2.32. The van der Waals surface area contributed by atoms with Gasteiger partial charge in [0.15, 0.2) is 0 Å². The summed E-state index contributed by atoms with van der Waals surface area (Å²) in [5.74, 6) is 0.104. The molecule has 4 nitrogen and oxygen atoms in total. The molecule has 3 unspecified atom stereocenters. The molecular weight excluding hydrogens is 242 g/mol. The summed E-state index contributed by atoms with van der Waals surface area (Å²) in [5.41, 5.74) is 0. The Morgan fingerprint density at radius 1 is 1.65 bits per heavy atom. The topological polar surface area (TPSA) is 47.6 Å². The SMILES string of the molecule is CCC1OCCC1C(=O)NCCC(Cl)COC. The Morgan fingerprint density at radius 3 is 3.06 bits per heavy atom. The Hall–Kier alpha value is -0.320. The van der Waals surface area contributed by atoms with Crippen molar-refractivity contribution in [3.63, 3.8) is 0 Å². The van der Waals surface area contributed by atoms with E-state index in [-0.39, 0.29) is 23.3 Å². The third kappa shape index (κ3) is 4.82. The summed E-state index contributed by atoms with van der Waals surface area (Å²) in [7, 11) is 1.62. The summed E-state index contributed by atoms with van der Waals surface area (Å²) in [6, 6.07) is 0. The molecule has 0 aromatic carbocycles. The van der Waals surface area contributed by atoms with Crippen LogP contribution >= 0.6 is 11.6 Å². The maximum atomic E-state index is 11.9. The zero-order valence-electron chi connectivity index (χ0n) is 10.6. The van der Waals surface area contributed by atoms with E-state index >= 15 is 0 Å². The molecule has 17 heavy (non-hydrogen) atoms. The second kappa shape index (κ2) is 7.90. The van der Waals surface area contributed by atoms with E-state index in [4.69, 9.17) is 21.1 Å². The number of ether oxygens (including phenoxy) is 2. The molecule has 1 saturated heterocycles. The lowest BCUT2D eigenvalue weighted by Gasteiger charge is -2.17. The minimum absolute atomic E-state index is 0.0104. The molecule has 1 aliphatic rings. The van der Waals surface area contributed by atoms with Crippen molar-refractivity contribution in [3.05, 3.63) is 0 Å². The van der Waals surface area contributed by atoms with Gasteiger partial charge in [-0.1, -0.05) is 6.92 Å². The van der Waals surface area contributed by atoms with E-state index in [0.29, 0.717) is 19.8 Å². The predicted molar refractivity (Wildman–Crippen MR) is 67.3 cm³/mol. The van der Waals surface area contributed by atoms with E-state index in [1.54, 1.807) is 7.11 Å². The molecule has 1 amide bonds. The second-order valence-corrected chi connectivity index (χ2v) is 4.96. The van der Waals surface area contributed by atoms with Gasteiger partial charge >= 0.3 is 0 Å². The Labute approximate surface area is 108 Å². The van der Waals surface area contributed by atoms with Crippen molar-refractivity contribution in [2.45, 2.75) is 37.7 Å². The number of rotatable bonds is 7. The number of carbonyl (C=O) groups excluding carboxylic acids is 1. The lowest BCUT2D eigenvalue weighted by atomic mass is 9.99. The van der Waals surface area contributed by atoms with E-state index < -0.39 is 0 Å². The molecule has 0 aromatic heterocycles. The summed E-state index contributed by atoms with van der Waals surface area (Å²) >= 11 is 5.98. The molecule has 0 spiro atoms. The standard InChI is InChI=1S/C12H22ClNO3/c1-3-11-10(5-7-17-11)12(15)14-6-4-9(13)8-16-2/h9-11H,3-8H2,1-2H3,(H,14,15). The van der Waals surface area contributed by atoms with Crippen LogP contribution in [0.15, 0.2) is 0 Å². The number of hydrogen-bond acceptors (Lipinski definition) is 3. The molecule has 0 aromatic rings. The lowest BCUT2D eigenvalue weighted by molar-refractivity contribution is -0.126. The van der Waals surface area contributed by atoms with Gasteiger partial charge in [-0.2, -0.15) is 0 Å². The molecule has 0 saturated carbocycles. The summed E-state index contributed by atoms with van der Waals surface area (Å²) in [4.78, 5) is 11.9. The zero-order valence-corrected chi connectivity index (χ0v) is 11.3. The van der Waals surface area contributed by atoms with Crippen molar-refractivity contribution < 1.29 is 14.3 Å². The van der Waals surface area contributed by atoms with Gasteiger partial charge in [0, 0.05) is 20.3 Å². The number of halogens is 1. The van der Waals surface area contributed by atoms with Gasteiger partial charge in [0.25, 0.3) is 0 Å². The van der Waals surface area contributed by atoms with Crippen molar-refractivity contribution in [1.82, 2.24) is 5.32 Å². The maximum Gasteiger partial charge on any atom is 0.225 e. The molecule has 1 rings (SSSR count). The molecule has 1 N–H and O–H groups in total. The highest BCUT2D eigenvalue weighted by atomic mass is 35.5. The monoisotopic (exact) mass is 263 g/mol. The first kappa shape index (κ1) is 14.7. The van der Waals surface area contributed by atoms with Gasteiger partial charge in [-0.3, -0.25) is 4.79 Å². The number of hydrogen-bond donors (Lipinski definition) is 1. The minimum atomic E-state index is -0.0397. The van der Waals surface area contributed by atoms with Crippen LogP contribution in [0.25, 0.3) is 0 Å². The maximum absolute atomic E-state index is 11.9. The van der Waals surface area contributed by atoms with E-state index in [1.165, 1.54) is 0 Å². The zero-order chi connectivity index (χ0) is 12.7. The van der Waals surface area contributed by atoms with Crippen molar-refractivity contribution in [2.75, 3.05) is 26.9 Å². The molecule has 0 radical (unpaired) electrons. The van der Waals surface area contributed by atoms with Gasteiger partial charge in [-0.25, -0.2) is 0 Å². The summed E-state index contributed by atoms with van der Waals surface area (Å²) in [6.07, 6.45) is 2.53. The van der Waals surface area contributed by atoms with Crippen LogP contribution in [0.2, 0.25) is 0 Å². The fourth-order valence-electron chi connectivity index (χ4n) is 2.10. The van der Waals surface area contributed by atoms with Crippen LogP contribution in [-0.2, 0) is 14.3 Å². The third-order valence-electron chi connectivity index (χ3n) is 3.05. The largest absolute Gasteiger partial charge is 0.383 e. The average Bonchev–Trinajstić information content (AvgIpc) is 2.77. The number of nitrogens with one attached hydrogen (secondary N) is 1. The first-order chi connectivity index (χ1) is 8.19. The van der Waals surface area contributed by atoms with Crippen LogP contribution in [0, 0.1) is 5.92 Å². The fourth-order valence-corrected chi connectivity index (χ4v) is 2.33. The third-order valence-corrected chi connectivity index (χ3v) is 3.40. The van der Waals surface area contributed by atoms with Gasteiger partial charge in [0.2, 0.25) is 5.91 Å². The van der Waals surface area contributed by atoms with Gasteiger partial charge in [-0.15, -0.1) is 11.6 Å². The Bertz CT molecular complexity index is 238. The number of amides is 1. The van der Waals surface area contributed by atoms with Gasteiger partial charge in [0.1, 0.15) is 0 Å². The first-order valence-corrected chi connectivity index (χ1v) is 6.65. The number of alkyl halides is 1. The summed E-state index contributed by atoms with van der Waals surface area (Å²) in [6.45, 7) is 3.85. The van der Waals surface area contributed by atoms with Gasteiger partial charge in [0.05, 0.1) is 24.0 Å².